The molecule has 4 aromatic rings. The lowest BCUT2D eigenvalue weighted by Crippen LogP contribution is -2.10. The average Bonchev–Trinajstić information content (AvgIpc) is 3.42. The van der Waals surface area contributed by atoms with Gasteiger partial charge in [0.25, 0.3) is 0 Å². The number of rotatable bonds is 6. The Morgan fingerprint density at radius 1 is 1.10 bits per heavy atom. The van der Waals surface area contributed by atoms with Gasteiger partial charge in [0, 0.05) is 23.5 Å². The summed E-state index contributed by atoms with van der Waals surface area (Å²) in [6.07, 6.45) is 1.66. The van der Waals surface area contributed by atoms with Gasteiger partial charge in [0.1, 0.15) is 22.7 Å². The molecular weight excluding hydrogens is 408 g/mol. The number of nitrogens with zero attached hydrogens (tertiary/aromatic N) is 6. The fraction of sp³-hybridized carbons (Fsp3) is 0.300. The lowest BCUT2D eigenvalue weighted by atomic mass is 10.1. The number of aromatic nitrogens is 6. The van der Waals surface area contributed by atoms with Gasteiger partial charge in [-0.25, -0.2) is 8.78 Å². The van der Waals surface area contributed by atoms with Crippen LogP contribution in [0.2, 0.25) is 0 Å². The quantitative estimate of drug-likeness (QED) is 0.487. The van der Waals surface area contributed by atoms with Crippen molar-refractivity contribution in [2.45, 2.75) is 40.3 Å². The normalized spacial score (nSPS) is 12.3. The molecule has 10 heteroatoms. The maximum Gasteiger partial charge on any atom is 0.211 e. The van der Waals surface area contributed by atoms with E-state index in [1.165, 1.54) is 28.2 Å². The summed E-state index contributed by atoms with van der Waals surface area (Å²) < 4.78 is 31.6. The Bertz CT molecular complexity index is 1190. The van der Waals surface area contributed by atoms with E-state index in [-0.39, 0.29) is 18.2 Å². The van der Waals surface area contributed by atoms with Crippen LogP contribution in [0.5, 0.6) is 0 Å². The predicted molar refractivity (Wildman–Crippen MR) is 111 cm³/mol. The fourth-order valence-electron chi connectivity index (χ4n) is 3.24. The summed E-state index contributed by atoms with van der Waals surface area (Å²) >= 11 is 1.41. The van der Waals surface area contributed by atoms with Gasteiger partial charge < -0.3 is 5.32 Å². The van der Waals surface area contributed by atoms with E-state index in [0.29, 0.717) is 16.5 Å². The van der Waals surface area contributed by atoms with Gasteiger partial charge in [-0.2, -0.15) is 10.2 Å². The smallest absolute Gasteiger partial charge is 0.211 e. The number of halogens is 2. The van der Waals surface area contributed by atoms with Gasteiger partial charge in [0.15, 0.2) is 5.82 Å². The van der Waals surface area contributed by atoms with Crippen LogP contribution in [0.3, 0.4) is 0 Å². The molecule has 30 heavy (non-hydrogen) atoms. The van der Waals surface area contributed by atoms with E-state index in [2.05, 4.69) is 25.7 Å². The lowest BCUT2D eigenvalue weighted by Gasteiger charge is -2.10. The van der Waals surface area contributed by atoms with Crippen molar-refractivity contribution < 1.29 is 8.78 Å². The summed E-state index contributed by atoms with van der Waals surface area (Å²) in [5.74, 6) is -0.619. The number of aryl methyl sites for hydroxylation is 3. The zero-order valence-electron chi connectivity index (χ0n) is 17.0. The zero-order chi connectivity index (χ0) is 21.4. The van der Waals surface area contributed by atoms with Crippen LogP contribution in [-0.4, -0.2) is 29.8 Å². The highest BCUT2D eigenvalue weighted by Crippen LogP contribution is 2.27. The summed E-state index contributed by atoms with van der Waals surface area (Å²) in [7, 11) is 0. The van der Waals surface area contributed by atoms with Gasteiger partial charge in [-0.3, -0.25) is 9.36 Å². The Kier molecular flexibility index (Phi) is 5.33. The number of nitrogens with one attached hydrogen (secondary N) is 1. The van der Waals surface area contributed by atoms with Crippen molar-refractivity contribution in [1.82, 2.24) is 29.8 Å². The summed E-state index contributed by atoms with van der Waals surface area (Å²) in [5, 5.41) is 21.8. The first kappa shape index (κ1) is 20.1. The molecule has 7 nitrogen and oxygen atoms in total. The highest BCUT2D eigenvalue weighted by molar-refractivity contribution is 7.15. The minimum absolute atomic E-state index is 0.00262. The van der Waals surface area contributed by atoms with Crippen molar-refractivity contribution in [3.63, 3.8) is 0 Å². The number of hydrogen-bond donors (Lipinski definition) is 1. The van der Waals surface area contributed by atoms with E-state index < -0.39 is 11.6 Å². The van der Waals surface area contributed by atoms with Gasteiger partial charge in [-0.05, 0) is 45.4 Å². The van der Waals surface area contributed by atoms with Gasteiger partial charge in [-0.15, -0.1) is 10.2 Å². The SMILES string of the molecule is Cc1cc(C)n(C(C)c2nnc(Nc3ccn(Cc4c(F)ccc(C)c4F)n3)s2)n1. The van der Waals surface area contributed by atoms with Crippen LogP contribution < -0.4 is 5.32 Å². The van der Waals surface area contributed by atoms with Crippen LogP contribution in [0, 0.1) is 32.4 Å². The second-order valence-corrected chi connectivity index (χ2v) is 8.18. The summed E-state index contributed by atoms with van der Waals surface area (Å²) in [5.41, 5.74) is 2.39. The second-order valence-electron chi connectivity index (χ2n) is 7.17. The molecule has 0 saturated carbocycles. The molecule has 0 bridgehead atoms. The Balaban J connectivity index is 1.47. The Morgan fingerprint density at radius 3 is 2.63 bits per heavy atom. The summed E-state index contributed by atoms with van der Waals surface area (Å²) in [6, 6.07) is 6.38. The molecule has 0 aliphatic heterocycles. The van der Waals surface area contributed by atoms with E-state index >= 15 is 0 Å². The monoisotopic (exact) mass is 429 g/mol. The molecule has 0 aliphatic rings. The first-order chi connectivity index (χ1) is 14.3. The maximum atomic E-state index is 14.2. The van der Waals surface area contributed by atoms with E-state index in [9.17, 15) is 8.78 Å². The van der Waals surface area contributed by atoms with Crippen molar-refractivity contribution in [2.75, 3.05) is 5.32 Å². The van der Waals surface area contributed by atoms with Crippen LogP contribution in [0.15, 0.2) is 30.5 Å². The molecule has 0 aliphatic carbocycles. The molecule has 0 fully saturated rings. The van der Waals surface area contributed by atoms with E-state index in [1.54, 1.807) is 19.2 Å². The van der Waals surface area contributed by atoms with Crippen LogP contribution >= 0.6 is 11.3 Å². The Labute approximate surface area is 176 Å². The summed E-state index contributed by atoms with van der Waals surface area (Å²) in [6.45, 7) is 7.58. The van der Waals surface area contributed by atoms with Crippen molar-refractivity contribution in [3.05, 3.63) is 69.6 Å². The van der Waals surface area contributed by atoms with Crippen molar-refractivity contribution in [2.24, 2.45) is 0 Å². The standard InChI is InChI=1S/C20H21F2N7S/c1-11-5-6-16(21)15(18(11)22)10-28-8-7-17(27-28)23-20-25-24-19(30-20)14(4)29-13(3)9-12(2)26-29/h5-9,14H,10H2,1-4H3,(H,23,25,27). The highest BCUT2D eigenvalue weighted by atomic mass is 32.1. The number of anilines is 2. The van der Waals surface area contributed by atoms with Crippen LogP contribution in [0.4, 0.5) is 19.7 Å². The molecule has 0 spiro atoms. The van der Waals surface area contributed by atoms with Crippen LogP contribution in [0.25, 0.3) is 0 Å². The van der Waals surface area contributed by atoms with E-state index in [4.69, 9.17) is 0 Å². The molecule has 1 aromatic carbocycles. The summed E-state index contributed by atoms with van der Waals surface area (Å²) in [4.78, 5) is 0. The molecule has 1 unspecified atom stereocenters. The van der Waals surface area contributed by atoms with E-state index in [1.807, 2.05) is 31.5 Å². The fourth-order valence-corrected chi connectivity index (χ4v) is 4.03. The number of benzene rings is 1. The van der Waals surface area contributed by atoms with Crippen molar-refractivity contribution in [1.29, 1.82) is 0 Å². The average molecular weight is 430 g/mol. The molecule has 4 rings (SSSR count). The van der Waals surface area contributed by atoms with Gasteiger partial charge in [0.05, 0.1) is 12.2 Å². The third kappa shape index (κ3) is 3.95. The molecule has 1 N–H and O–H groups in total. The molecule has 0 radical (unpaired) electrons. The zero-order valence-corrected chi connectivity index (χ0v) is 17.8. The highest BCUT2D eigenvalue weighted by Gasteiger charge is 2.17. The first-order valence-electron chi connectivity index (χ1n) is 9.42. The molecule has 0 saturated heterocycles. The maximum absolute atomic E-state index is 14.2. The molecule has 0 amide bonds. The molecule has 3 aromatic heterocycles. The molecule has 3 heterocycles. The molecule has 1 atom stereocenters. The Morgan fingerprint density at radius 2 is 1.90 bits per heavy atom. The van der Waals surface area contributed by atoms with Gasteiger partial charge >= 0.3 is 0 Å². The van der Waals surface area contributed by atoms with Gasteiger partial charge in [0.2, 0.25) is 5.13 Å². The predicted octanol–water partition coefficient (Wildman–Crippen LogP) is 4.54. The first-order valence-corrected chi connectivity index (χ1v) is 10.2. The second kappa shape index (κ2) is 7.94. The Hall–Kier alpha value is -3.14. The van der Waals surface area contributed by atoms with E-state index in [0.717, 1.165) is 16.4 Å². The third-order valence-electron chi connectivity index (χ3n) is 4.78. The largest absolute Gasteiger partial charge is 0.313 e. The third-order valence-corrected chi connectivity index (χ3v) is 5.79. The number of hydrogen-bond acceptors (Lipinski definition) is 6. The molecular formula is C20H21F2N7S. The lowest BCUT2D eigenvalue weighted by molar-refractivity contribution is 0.528. The van der Waals surface area contributed by atoms with Crippen LogP contribution in [0.1, 0.15) is 40.5 Å². The topological polar surface area (TPSA) is 73.5 Å². The van der Waals surface area contributed by atoms with Gasteiger partial charge in [-0.1, -0.05) is 17.4 Å². The molecule has 156 valence electrons. The minimum atomic E-state index is -0.588. The van der Waals surface area contributed by atoms with Crippen molar-refractivity contribution in [3.8, 4) is 0 Å². The van der Waals surface area contributed by atoms with Crippen molar-refractivity contribution >= 4 is 22.3 Å². The van der Waals surface area contributed by atoms with Crippen LogP contribution in [-0.2, 0) is 6.54 Å². The minimum Gasteiger partial charge on any atom is -0.313 e.